The van der Waals surface area contributed by atoms with E-state index in [1.807, 2.05) is 0 Å². The normalized spacial score (nSPS) is 11.6. The number of Topliss-reactive ketones (excluding diaryl/α,β-unsaturated/α-hetero) is 1. The lowest BCUT2D eigenvalue weighted by atomic mass is 9.89. The Morgan fingerprint density at radius 2 is 1.74 bits per heavy atom. The summed E-state index contributed by atoms with van der Waals surface area (Å²) < 4.78 is 26.0. The predicted molar refractivity (Wildman–Crippen MR) is 112 cm³/mol. The van der Waals surface area contributed by atoms with Crippen LogP contribution in [-0.4, -0.2) is 40.2 Å². The Labute approximate surface area is 178 Å². The summed E-state index contributed by atoms with van der Waals surface area (Å²) in [5.41, 5.74) is 0.0962. The Kier molecular flexibility index (Phi) is 6.59. The average Bonchev–Trinajstić information content (AvgIpc) is 2.80. The SMILES string of the molecule is COC(=O)[C@H](CC(=O)c1cccc(OC)c1)c1cc(=O)oc2c(OC)c(OC)ccc12. The zero-order valence-corrected chi connectivity index (χ0v) is 17.6. The van der Waals surface area contributed by atoms with Gasteiger partial charge in [0, 0.05) is 23.4 Å². The first-order chi connectivity index (χ1) is 14.9. The highest BCUT2D eigenvalue weighted by Gasteiger charge is 2.29. The molecule has 0 saturated heterocycles. The van der Waals surface area contributed by atoms with E-state index < -0.39 is 17.5 Å². The first-order valence-electron chi connectivity index (χ1n) is 9.37. The Morgan fingerprint density at radius 1 is 0.968 bits per heavy atom. The minimum atomic E-state index is -1.03. The van der Waals surface area contributed by atoms with Crippen LogP contribution >= 0.6 is 0 Å². The number of hydrogen-bond acceptors (Lipinski definition) is 8. The maximum atomic E-state index is 13.0. The largest absolute Gasteiger partial charge is 0.497 e. The molecule has 1 aromatic heterocycles. The van der Waals surface area contributed by atoms with Gasteiger partial charge in [-0.3, -0.25) is 9.59 Å². The minimum Gasteiger partial charge on any atom is -0.497 e. The summed E-state index contributed by atoms with van der Waals surface area (Å²) in [5.74, 6) is -0.912. The molecule has 0 fully saturated rings. The monoisotopic (exact) mass is 426 g/mol. The second kappa shape index (κ2) is 9.34. The van der Waals surface area contributed by atoms with Crippen LogP contribution in [-0.2, 0) is 9.53 Å². The van der Waals surface area contributed by atoms with E-state index in [1.54, 1.807) is 36.4 Å². The third-order valence-corrected chi connectivity index (χ3v) is 4.93. The van der Waals surface area contributed by atoms with Crippen molar-refractivity contribution in [2.45, 2.75) is 12.3 Å². The second-order valence-corrected chi connectivity index (χ2v) is 6.63. The molecule has 0 N–H and O–H groups in total. The number of rotatable bonds is 8. The smallest absolute Gasteiger partial charge is 0.336 e. The molecule has 8 nitrogen and oxygen atoms in total. The van der Waals surface area contributed by atoms with Crippen molar-refractivity contribution < 1.29 is 33.0 Å². The first kappa shape index (κ1) is 21.9. The molecular weight excluding hydrogens is 404 g/mol. The summed E-state index contributed by atoms with van der Waals surface area (Å²) >= 11 is 0. The maximum Gasteiger partial charge on any atom is 0.336 e. The number of esters is 1. The molecule has 3 rings (SSSR count). The van der Waals surface area contributed by atoms with Crippen LogP contribution in [0.4, 0.5) is 0 Å². The summed E-state index contributed by atoms with van der Waals surface area (Å²) in [5, 5.41) is 0.436. The molecule has 1 atom stereocenters. The molecule has 31 heavy (non-hydrogen) atoms. The van der Waals surface area contributed by atoms with E-state index in [9.17, 15) is 14.4 Å². The summed E-state index contributed by atoms with van der Waals surface area (Å²) in [6.07, 6.45) is -0.216. The van der Waals surface area contributed by atoms with Crippen molar-refractivity contribution in [3.8, 4) is 17.2 Å². The van der Waals surface area contributed by atoms with Crippen molar-refractivity contribution >= 4 is 22.7 Å². The molecule has 0 radical (unpaired) electrons. The molecule has 0 aliphatic rings. The molecule has 0 aliphatic carbocycles. The van der Waals surface area contributed by atoms with Crippen LogP contribution < -0.4 is 19.8 Å². The Morgan fingerprint density at radius 3 is 2.39 bits per heavy atom. The van der Waals surface area contributed by atoms with E-state index in [2.05, 4.69) is 0 Å². The molecule has 3 aromatic rings. The average molecular weight is 426 g/mol. The fraction of sp³-hybridized carbons (Fsp3) is 0.261. The van der Waals surface area contributed by atoms with Gasteiger partial charge in [0.2, 0.25) is 5.75 Å². The van der Waals surface area contributed by atoms with Gasteiger partial charge in [-0.25, -0.2) is 4.79 Å². The van der Waals surface area contributed by atoms with E-state index in [-0.39, 0.29) is 23.5 Å². The quantitative estimate of drug-likeness (QED) is 0.307. The topological polar surface area (TPSA) is 101 Å². The first-order valence-corrected chi connectivity index (χ1v) is 9.37. The van der Waals surface area contributed by atoms with E-state index in [1.165, 1.54) is 34.5 Å². The van der Waals surface area contributed by atoms with Gasteiger partial charge in [0.15, 0.2) is 17.1 Å². The van der Waals surface area contributed by atoms with Gasteiger partial charge in [-0.15, -0.1) is 0 Å². The maximum absolute atomic E-state index is 13.0. The number of methoxy groups -OCH3 is 4. The van der Waals surface area contributed by atoms with Gasteiger partial charge in [0.05, 0.1) is 34.4 Å². The van der Waals surface area contributed by atoms with Crippen LogP contribution in [0, 0.1) is 0 Å². The summed E-state index contributed by atoms with van der Waals surface area (Å²) in [7, 11) is 5.59. The molecule has 0 saturated carbocycles. The van der Waals surface area contributed by atoms with Gasteiger partial charge in [-0.1, -0.05) is 12.1 Å². The molecule has 162 valence electrons. The van der Waals surface area contributed by atoms with Crippen LogP contribution in [0.15, 0.2) is 51.7 Å². The number of ether oxygens (including phenoxy) is 4. The standard InChI is InChI=1S/C23H22O8/c1-27-14-7-5-6-13(10-14)18(24)11-17(23(26)30-4)16-12-20(25)31-21-15(16)8-9-19(28-2)22(21)29-3/h5-10,12,17H,11H2,1-4H3/t17-/m1/s1. The molecule has 8 heteroatoms. The van der Waals surface area contributed by atoms with Crippen molar-refractivity contribution in [1.82, 2.24) is 0 Å². The van der Waals surface area contributed by atoms with Gasteiger partial charge in [-0.05, 0) is 29.8 Å². The highest BCUT2D eigenvalue weighted by Crippen LogP contribution is 2.38. The molecular formula is C23H22O8. The Balaban J connectivity index is 2.14. The van der Waals surface area contributed by atoms with Crippen LogP contribution in [0.2, 0.25) is 0 Å². The van der Waals surface area contributed by atoms with Gasteiger partial charge >= 0.3 is 11.6 Å². The third kappa shape index (κ3) is 4.37. The van der Waals surface area contributed by atoms with Gasteiger partial charge in [-0.2, -0.15) is 0 Å². The number of carbonyl (C=O) groups excluding carboxylic acids is 2. The lowest BCUT2D eigenvalue weighted by molar-refractivity contribution is -0.142. The predicted octanol–water partition coefficient (Wildman–Crippen LogP) is 3.35. The van der Waals surface area contributed by atoms with Crippen molar-refractivity contribution in [3.63, 3.8) is 0 Å². The summed E-state index contributed by atoms with van der Waals surface area (Å²) in [4.78, 5) is 37.9. The third-order valence-electron chi connectivity index (χ3n) is 4.93. The molecule has 0 bridgehead atoms. The number of ketones is 1. The van der Waals surface area contributed by atoms with Crippen molar-refractivity contribution in [2.24, 2.45) is 0 Å². The molecule has 0 unspecified atom stereocenters. The van der Waals surface area contributed by atoms with Crippen LogP contribution in [0.5, 0.6) is 17.2 Å². The van der Waals surface area contributed by atoms with E-state index in [0.717, 1.165) is 0 Å². The molecule has 0 spiro atoms. The molecule has 0 amide bonds. The summed E-state index contributed by atoms with van der Waals surface area (Å²) in [6.45, 7) is 0. The molecule has 2 aromatic carbocycles. The zero-order valence-electron chi connectivity index (χ0n) is 17.6. The lowest BCUT2D eigenvalue weighted by Crippen LogP contribution is -2.20. The van der Waals surface area contributed by atoms with Crippen LogP contribution in [0.1, 0.15) is 28.3 Å². The van der Waals surface area contributed by atoms with E-state index in [4.69, 9.17) is 23.4 Å². The van der Waals surface area contributed by atoms with Gasteiger partial charge in [0.1, 0.15) is 5.75 Å². The Hall–Kier alpha value is -3.81. The number of fused-ring (bicyclic) bond motifs is 1. The zero-order chi connectivity index (χ0) is 22.5. The summed E-state index contributed by atoms with van der Waals surface area (Å²) in [6, 6.07) is 11.1. The fourth-order valence-electron chi connectivity index (χ4n) is 3.41. The molecule has 1 heterocycles. The minimum absolute atomic E-state index is 0.118. The van der Waals surface area contributed by atoms with Crippen LogP contribution in [0.3, 0.4) is 0 Å². The Bertz CT molecular complexity index is 1180. The van der Waals surface area contributed by atoms with E-state index >= 15 is 0 Å². The highest BCUT2D eigenvalue weighted by atomic mass is 16.5. The van der Waals surface area contributed by atoms with Crippen LogP contribution in [0.25, 0.3) is 11.0 Å². The fourth-order valence-corrected chi connectivity index (χ4v) is 3.41. The number of carbonyl (C=O) groups is 2. The van der Waals surface area contributed by atoms with Crippen molar-refractivity contribution in [3.05, 3.63) is 64.0 Å². The van der Waals surface area contributed by atoms with Crippen molar-refractivity contribution in [1.29, 1.82) is 0 Å². The van der Waals surface area contributed by atoms with Gasteiger partial charge in [0.25, 0.3) is 0 Å². The second-order valence-electron chi connectivity index (χ2n) is 6.63. The lowest BCUT2D eigenvalue weighted by Gasteiger charge is -2.17. The van der Waals surface area contributed by atoms with Gasteiger partial charge < -0.3 is 23.4 Å². The highest BCUT2D eigenvalue weighted by molar-refractivity contribution is 6.01. The number of benzene rings is 2. The molecule has 0 aliphatic heterocycles. The van der Waals surface area contributed by atoms with E-state index in [0.29, 0.717) is 28.0 Å². The van der Waals surface area contributed by atoms with Crippen molar-refractivity contribution in [2.75, 3.05) is 28.4 Å². The number of hydrogen-bond donors (Lipinski definition) is 0.